The summed E-state index contributed by atoms with van der Waals surface area (Å²) in [5.74, 6) is 0.711. The van der Waals surface area contributed by atoms with E-state index in [0.29, 0.717) is 23.9 Å². The van der Waals surface area contributed by atoms with Crippen LogP contribution in [0.1, 0.15) is 24.8 Å². The molecule has 0 saturated carbocycles. The minimum Gasteiger partial charge on any atom is -0.490 e. The Hall–Kier alpha value is -2.27. The van der Waals surface area contributed by atoms with Crippen molar-refractivity contribution in [2.24, 2.45) is 0 Å². The van der Waals surface area contributed by atoms with Gasteiger partial charge in [-0.05, 0) is 49.1 Å². The molecular formula is C19H21ClN2O3. The number of halogens is 1. The Morgan fingerprint density at radius 2 is 2.08 bits per heavy atom. The maximum Gasteiger partial charge on any atom is 0.410 e. The molecule has 1 unspecified atom stereocenters. The highest BCUT2D eigenvalue weighted by atomic mass is 35.5. The standard InChI is InChI=1S/C19H21ClN2O3/c20-16-8-6-15(7-9-16)13-25-19(23)22-11-2-1-4-17(22)14-24-18-5-3-10-21-12-18/h3,5-10,12,17H,1-2,4,11,13-14H2. The average molecular weight is 361 g/mol. The zero-order chi connectivity index (χ0) is 17.5. The molecule has 0 aliphatic carbocycles. The first-order valence-electron chi connectivity index (χ1n) is 8.43. The van der Waals surface area contributed by atoms with Crippen molar-refractivity contribution >= 4 is 17.7 Å². The van der Waals surface area contributed by atoms with Crippen LogP contribution in [0.4, 0.5) is 4.79 Å². The number of piperidine rings is 1. The fourth-order valence-electron chi connectivity index (χ4n) is 2.85. The minimum absolute atomic E-state index is 0.0201. The van der Waals surface area contributed by atoms with Gasteiger partial charge in [-0.2, -0.15) is 0 Å². The van der Waals surface area contributed by atoms with E-state index in [4.69, 9.17) is 21.1 Å². The highest BCUT2D eigenvalue weighted by Gasteiger charge is 2.28. The molecule has 132 valence electrons. The maximum atomic E-state index is 12.5. The van der Waals surface area contributed by atoms with Crippen LogP contribution in [-0.4, -0.2) is 35.2 Å². The van der Waals surface area contributed by atoms with Crippen LogP contribution in [0.15, 0.2) is 48.8 Å². The SMILES string of the molecule is O=C(OCc1ccc(Cl)cc1)N1CCCCC1COc1cccnc1. The minimum atomic E-state index is -0.297. The van der Waals surface area contributed by atoms with Gasteiger partial charge < -0.3 is 14.4 Å². The predicted octanol–water partition coefficient (Wildman–Crippen LogP) is 4.31. The van der Waals surface area contributed by atoms with Crippen molar-refractivity contribution in [3.63, 3.8) is 0 Å². The third kappa shape index (κ3) is 5.10. The van der Waals surface area contributed by atoms with Crippen molar-refractivity contribution in [3.05, 3.63) is 59.4 Å². The second kappa shape index (κ2) is 8.72. The number of rotatable bonds is 5. The first-order valence-corrected chi connectivity index (χ1v) is 8.81. The largest absolute Gasteiger partial charge is 0.490 e. The van der Waals surface area contributed by atoms with Gasteiger partial charge in [-0.15, -0.1) is 0 Å². The summed E-state index contributed by atoms with van der Waals surface area (Å²) in [6, 6.07) is 11.0. The summed E-state index contributed by atoms with van der Waals surface area (Å²) in [4.78, 5) is 18.3. The van der Waals surface area contributed by atoms with Crippen LogP contribution in [0, 0.1) is 0 Å². The molecule has 3 rings (SSSR count). The van der Waals surface area contributed by atoms with Crippen molar-refractivity contribution in [1.82, 2.24) is 9.88 Å². The van der Waals surface area contributed by atoms with E-state index in [-0.39, 0.29) is 18.7 Å². The number of hydrogen-bond donors (Lipinski definition) is 0. The highest BCUT2D eigenvalue weighted by Crippen LogP contribution is 2.20. The number of carbonyl (C=O) groups is 1. The third-order valence-electron chi connectivity index (χ3n) is 4.21. The Labute approximate surface area is 152 Å². The highest BCUT2D eigenvalue weighted by molar-refractivity contribution is 6.30. The summed E-state index contributed by atoms with van der Waals surface area (Å²) in [6.45, 7) is 1.38. The van der Waals surface area contributed by atoms with E-state index in [1.54, 1.807) is 29.4 Å². The molecule has 0 radical (unpaired) electrons. The van der Waals surface area contributed by atoms with Crippen LogP contribution < -0.4 is 4.74 Å². The van der Waals surface area contributed by atoms with Crippen molar-refractivity contribution in [2.75, 3.05) is 13.2 Å². The molecule has 1 aliphatic heterocycles. The van der Waals surface area contributed by atoms with Gasteiger partial charge in [0.05, 0.1) is 12.2 Å². The Morgan fingerprint density at radius 3 is 2.84 bits per heavy atom. The van der Waals surface area contributed by atoms with E-state index >= 15 is 0 Å². The molecule has 1 aromatic heterocycles. The van der Waals surface area contributed by atoms with Crippen LogP contribution in [-0.2, 0) is 11.3 Å². The number of benzene rings is 1. The molecule has 1 atom stereocenters. The quantitative estimate of drug-likeness (QED) is 0.797. The number of ether oxygens (including phenoxy) is 2. The summed E-state index contributed by atoms with van der Waals surface area (Å²) in [5.41, 5.74) is 0.915. The summed E-state index contributed by atoms with van der Waals surface area (Å²) >= 11 is 5.87. The van der Waals surface area contributed by atoms with Crippen LogP contribution in [0.5, 0.6) is 5.75 Å². The lowest BCUT2D eigenvalue weighted by Crippen LogP contribution is -2.46. The second-order valence-corrected chi connectivity index (χ2v) is 6.46. The molecule has 2 heterocycles. The first-order chi connectivity index (χ1) is 12.2. The Morgan fingerprint density at radius 1 is 1.24 bits per heavy atom. The summed E-state index contributed by atoms with van der Waals surface area (Å²) in [5, 5.41) is 0.665. The number of amides is 1. The van der Waals surface area contributed by atoms with Gasteiger partial charge in [-0.25, -0.2) is 4.79 Å². The van der Waals surface area contributed by atoms with Crippen LogP contribution in [0.3, 0.4) is 0 Å². The van der Waals surface area contributed by atoms with Crippen LogP contribution >= 0.6 is 11.6 Å². The molecule has 25 heavy (non-hydrogen) atoms. The third-order valence-corrected chi connectivity index (χ3v) is 4.47. The Balaban J connectivity index is 1.54. The molecule has 1 aliphatic rings. The fourth-order valence-corrected chi connectivity index (χ4v) is 2.97. The summed E-state index contributed by atoms with van der Waals surface area (Å²) in [6.07, 6.45) is 6.06. The lowest BCUT2D eigenvalue weighted by Gasteiger charge is -2.34. The molecule has 0 bridgehead atoms. The molecular weight excluding hydrogens is 340 g/mol. The van der Waals surface area contributed by atoms with Gasteiger partial charge in [0.25, 0.3) is 0 Å². The molecule has 1 fully saturated rings. The van der Waals surface area contributed by atoms with E-state index in [1.807, 2.05) is 24.3 Å². The summed E-state index contributed by atoms with van der Waals surface area (Å²) < 4.78 is 11.2. The number of carbonyl (C=O) groups excluding carboxylic acids is 1. The van der Waals surface area contributed by atoms with Gasteiger partial charge in [-0.3, -0.25) is 4.98 Å². The van der Waals surface area contributed by atoms with E-state index in [9.17, 15) is 4.79 Å². The Kier molecular flexibility index (Phi) is 6.12. The van der Waals surface area contributed by atoms with E-state index in [1.165, 1.54) is 0 Å². The van der Waals surface area contributed by atoms with Gasteiger partial charge in [0.2, 0.25) is 0 Å². The average Bonchev–Trinajstić information content (AvgIpc) is 2.67. The zero-order valence-electron chi connectivity index (χ0n) is 13.9. The lowest BCUT2D eigenvalue weighted by molar-refractivity contribution is 0.0537. The lowest BCUT2D eigenvalue weighted by atomic mass is 10.0. The number of likely N-dealkylation sites (tertiary alicyclic amines) is 1. The van der Waals surface area contributed by atoms with Gasteiger partial charge in [-0.1, -0.05) is 23.7 Å². The first kappa shape index (κ1) is 17.5. The smallest absolute Gasteiger partial charge is 0.410 e. The number of aromatic nitrogens is 1. The molecule has 1 amide bonds. The van der Waals surface area contributed by atoms with E-state index < -0.39 is 0 Å². The number of pyridine rings is 1. The molecule has 0 N–H and O–H groups in total. The Bertz CT molecular complexity index is 679. The molecule has 6 heteroatoms. The predicted molar refractivity (Wildman–Crippen MR) is 95.7 cm³/mol. The zero-order valence-corrected chi connectivity index (χ0v) is 14.7. The normalized spacial score (nSPS) is 17.2. The second-order valence-electron chi connectivity index (χ2n) is 6.02. The van der Waals surface area contributed by atoms with Gasteiger partial charge in [0, 0.05) is 17.8 Å². The number of nitrogens with zero attached hydrogens (tertiary/aromatic N) is 2. The molecule has 1 saturated heterocycles. The van der Waals surface area contributed by atoms with Crippen molar-refractivity contribution in [3.8, 4) is 5.75 Å². The van der Waals surface area contributed by atoms with Crippen molar-refractivity contribution in [2.45, 2.75) is 31.9 Å². The van der Waals surface area contributed by atoms with Crippen molar-refractivity contribution in [1.29, 1.82) is 0 Å². The molecule has 2 aromatic rings. The van der Waals surface area contributed by atoms with Crippen LogP contribution in [0.2, 0.25) is 5.02 Å². The maximum absolute atomic E-state index is 12.5. The van der Waals surface area contributed by atoms with Crippen molar-refractivity contribution < 1.29 is 14.3 Å². The van der Waals surface area contributed by atoms with Gasteiger partial charge in [0.1, 0.15) is 19.0 Å². The van der Waals surface area contributed by atoms with Crippen LogP contribution in [0.25, 0.3) is 0 Å². The topological polar surface area (TPSA) is 51.7 Å². The molecule has 5 nitrogen and oxygen atoms in total. The van der Waals surface area contributed by atoms with Gasteiger partial charge >= 0.3 is 6.09 Å². The summed E-state index contributed by atoms with van der Waals surface area (Å²) in [7, 11) is 0. The molecule has 1 aromatic carbocycles. The number of hydrogen-bond acceptors (Lipinski definition) is 4. The van der Waals surface area contributed by atoms with E-state index in [2.05, 4.69) is 4.98 Å². The van der Waals surface area contributed by atoms with E-state index in [0.717, 1.165) is 24.8 Å². The fraction of sp³-hybridized carbons (Fsp3) is 0.368. The molecule has 0 spiro atoms. The van der Waals surface area contributed by atoms with Gasteiger partial charge in [0.15, 0.2) is 0 Å². The monoisotopic (exact) mass is 360 g/mol.